The van der Waals surface area contributed by atoms with Crippen molar-refractivity contribution in [2.75, 3.05) is 7.11 Å². The molecule has 0 unspecified atom stereocenters. The number of ether oxygens (including phenoxy) is 1. The molecule has 1 saturated carbocycles. The average molecular weight is 336 g/mol. The number of rotatable bonds is 6. The second-order valence-corrected chi connectivity index (χ2v) is 8.12. The highest BCUT2D eigenvalue weighted by molar-refractivity contribution is 7.91. The first-order valence-corrected chi connectivity index (χ1v) is 9.44. The van der Waals surface area contributed by atoms with Gasteiger partial charge in [-0.25, -0.2) is 8.42 Å². The van der Waals surface area contributed by atoms with Crippen LogP contribution in [0.5, 0.6) is 5.75 Å². The van der Waals surface area contributed by atoms with E-state index < -0.39 is 9.84 Å². The number of benzene rings is 1. The van der Waals surface area contributed by atoms with Gasteiger partial charge in [0.2, 0.25) is 5.89 Å². The Bertz CT molecular complexity index is 747. The van der Waals surface area contributed by atoms with Gasteiger partial charge in [0.25, 0.3) is 0 Å². The fourth-order valence-electron chi connectivity index (χ4n) is 2.88. The van der Waals surface area contributed by atoms with E-state index in [-0.39, 0.29) is 16.9 Å². The van der Waals surface area contributed by atoms with Crippen LogP contribution in [0.1, 0.15) is 43.0 Å². The second-order valence-electron chi connectivity index (χ2n) is 5.84. The Morgan fingerprint density at radius 2 is 1.91 bits per heavy atom. The van der Waals surface area contributed by atoms with E-state index in [0.29, 0.717) is 12.2 Å². The van der Waals surface area contributed by atoms with Gasteiger partial charge >= 0.3 is 0 Å². The first kappa shape index (κ1) is 16.0. The zero-order valence-electron chi connectivity index (χ0n) is 13.1. The summed E-state index contributed by atoms with van der Waals surface area (Å²) in [7, 11) is -1.58. The lowest BCUT2D eigenvalue weighted by molar-refractivity contribution is 0.383. The van der Waals surface area contributed by atoms with Crippen LogP contribution >= 0.6 is 0 Å². The summed E-state index contributed by atoms with van der Waals surface area (Å²) in [6.45, 7) is 0. The normalized spacial score (nSPS) is 15.9. The molecule has 1 aromatic carbocycles. The third-order valence-electron chi connectivity index (χ3n) is 4.17. The molecule has 0 spiro atoms. The Morgan fingerprint density at radius 1 is 1.22 bits per heavy atom. The van der Waals surface area contributed by atoms with E-state index in [1.807, 2.05) is 24.3 Å². The highest BCUT2D eigenvalue weighted by Gasteiger charge is 2.30. The molecule has 1 heterocycles. The van der Waals surface area contributed by atoms with Gasteiger partial charge < -0.3 is 9.26 Å². The molecule has 23 heavy (non-hydrogen) atoms. The first-order chi connectivity index (χ1) is 11.1. The van der Waals surface area contributed by atoms with Crippen molar-refractivity contribution in [2.24, 2.45) is 0 Å². The lowest BCUT2D eigenvalue weighted by Gasteiger charge is -2.07. The predicted octanol–water partition coefficient (Wildman–Crippen LogP) is 2.53. The molecule has 6 nitrogen and oxygen atoms in total. The summed E-state index contributed by atoms with van der Waals surface area (Å²) in [4.78, 5) is 4.22. The summed E-state index contributed by atoms with van der Waals surface area (Å²) in [6, 6.07) is 7.57. The standard InChI is InChI=1S/C16H20N2O4S/c1-21-13-8-6-12(7-9-13)10-15-17-16(22-18-15)11-23(19,20)14-4-2-3-5-14/h6-9,14H,2-5,10-11H2,1H3. The van der Waals surface area contributed by atoms with Crippen molar-refractivity contribution in [1.29, 1.82) is 0 Å². The highest BCUT2D eigenvalue weighted by atomic mass is 32.2. The molecule has 3 rings (SSSR count). The summed E-state index contributed by atoms with van der Waals surface area (Å²) in [5.41, 5.74) is 1.01. The fourth-order valence-corrected chi connectivity index (χ4v) is 4.63. The molecule has 1 aliphatic carbocycles. The zero-order valence-corrected chi connectivity index (χ0v) is 13.9. The Balaban J connectivity index is 1.65. The minimum absolute atomic E-state index is 0.159. The van der Waals surface area contributed by atoms with E-state index in [4.69, 9.17) is 9.26 Å². The van der Waals surface area contributed by atoms with E-state index in [9.17, 15) is 8.42 Å². The Labute approximate surface area is 135 Å². The van der Waals surface area contributed by atoms with Crippen LogP contribution in [0.3, 0.4) is 0 Å². The molecule has 7 heteroatoms. The molecule has 0 radical (unpaired) electrons. The molecular formula is C16H20N2O4S. The van der Waals surface area contributed by atoms with Gasteiger partial charge in [0, 0.05) is 6.42 Å². The summed E-state index contributed by atoms with van der Waals surface area (Å²) in [6.07, 6.45) is 3.95. The Morgan fingerprint density at radius 3 is 2.57 bits per heavy atom. The van der Waals surface area contributed by atoms with Crippen LogP contribution in [-0.2, 0) is 22.0 Å². The smallest absolute Gasteiger partial charge is 0.241 e. The first-order valence-electron chi connectivity index (χ1n) is 7.73. The van der Waals surface area contributed by atoms with Crippen LogP contribution in [0.15, 0.2) is 28.8 Å². The van der Waals surface area contributed by atoms with Gasteiger partial charge in [0.15, 0.2) is 15.7 Å². The van der Waals surface area contributed by atoms with Gasteiger partial charge in [-0.2, -0.15) is 4.98 Å². The molecule has 124 valence electrons. The molecule has 1 fully saturated rings. The monoisotopic (exact) mass is 336 g/mol. The maximum atomic E-state index is 12.3. The van der Waals surface area contributed by atoms with Gasteiger partial charge in [-0.3, -0.25) is 0 Å². The summed E-state index contributed by atoms with van der Waals surface area (Å²) >= 11 is 0. The van der Waals surface area contributed by atoms with Crippen LogP contribution in [-0.4, -0.2) is 30.9 Å². The quantitative estimate of drug-likeness (QED) is 0.806. The molecule has 1 aliphatic rings. The SMILES string of the molecule is COc1ccc(Cc2noc(CS(=O)(=O)C3CCCC3)n2)cc1. The summed E-state index contributed by atoms with van der Waals surface area (Å²) in [5.74, 6) is 1.30. The van der Waals surface area contributed by atoms with E-state index in [1.54, 1.807) is 7.11 Å². The van der Waals surface area contributed by atoms with E-state index in [0.717, 1.165) is 37.0 Å². The maximum absolute atomic E-state index is 12.3. The number of aromatic nitrogens is 2. The largest absolute Gasteiger partial charge is 0.497 e. The van der Waals surface area contributed by atoms with Crippen LogP contribution in [0.25, 0.3) is 0 Å². The molecule has 0 N–H and O–H groups in total. The molecule has 0 atom stereocenters. The highest BCUT2D eigenvalue weighted by Crippen LogP contribution is 2.26. The van der Waals surface area contributed by atoms with E-state index in [1.165, 1.54) is 0 Å². The molecule has 0 aliphatic heterocycles. The number of methoxy groups -OCH3 is 1. The second kappa shape index (κ2) is 6.70. The summed E-state index contributed by atoms with van der Waals surface area (Å²) in [5, 5.41) is 3.63. The zero-order chi connectivity index (χ0) is 16.3. The maximum Gasteiger partial charge on any atom is 0.241 e. The topological polar surface area (TPSA) is 82.3 Å². The predicted molar refractivity (Wildman–Crippen MR) is 85.0 cm³/mol. The van der Waals surface area contributed by atoms with Crippen LogP contribution in [0.4, 0.5) is 0 Å². The minimum Gasteiger partial charge on any atom is -0.497 e. The molecule has 0 amide bonds. The van der Waals surface area contributed by atoms with Crippen LogP contribution in [0, 0.1) is 0 Å². The lowest BCUT2D eigenvalue weighted by Crippen LogP contribution is -2.19. The van der Waals surface area contributed by atoms with Crippen molar-refractivity contribution in [3.8, 4) is 5.75 Å². The fraction of sp³-hybridized carbons (Fsp3) is 0.500. The third-order valence-corrected chi connectivity index (χ3v) is 6.30. The van der Waals surface area contributed by atoms with Crippen molar-refractivity contribution in [3.05, 3.63) is 41.5 Å². The van der Waals surface area contributed by atoms with Gasteiger partial charge in [0.05, 0.1) is 12.4 Å². The minimum atomic E-state index is -3.19. The number of nitrogens with zero attached hydrogens (tertiary/aromatic N) is 2. The van der Waals surface area contributed by atoms with Gasteiger partial charge in [-0.15, -0.1) is 0 Å². The molecule has 0 bridgehead atoms. The van der Waals surface area contributed by atoms with Crippen LogP contribution < -0.4 is 4.74 Å². The van der Waals surface area contributed by atoms with Crippen molar-refractivity contribution < 1.29 is 17.7 Å². The molecule has 1 aromatic heterocycles. The van der Waals surface area contributed by atoms with E-state index >= 15 is 0 Å². The van der Waals surface area contributed by atoms with Crippen molar-refractivity contribution in [3.63, 3.8) is 0 Å². The lowest BCUT2D eigenvalue weighted by atomic mass is 10.1. The van der Waals surface area contributed by atoms with Crippen molar-refractivity contribution in [2.45, 2.75) is 43.1 Å². The number of sulfone groups is 1. The van der Waals surface area contributed by atoms with Crippen LogP contribution in [0.2, 0.25) is 0 Å². The average Bonchev–Trinajstić information content (AvgIpc) is 3.20. The van der Waals surface area contributed by atoms with Gasteiger partial charge in [0.1, 0.15) is 11.5 Å². The Kier molecular flexibility index (Phi) is 4.66. The number of hydrogen-bond acceptors (Lipinski definition) is 6. The summed E-state index contributed by atoms with van der Waals surface area (Å²) < 4.78 is 34.8. The molecule has 0 saturated heterocycles. The number of hydrogen-bond donors (Lipinski definition) is 0. The molecular weight excluding hydrogens is 316 g/mol. The third kappa shape index (κ3) is 3.90. The van der Waals surface area contributed by atoms with Crippen molar-refractivity contribution in [1.82, 2.24) is 10.1 Å². The van der Waals surface area contributed by atoms with Gasteiger partial charge in [-0.05, 0) is 30.5 Å². The van der Waals surface area contributed by atoms with E-state index in [2.05, 4.69) is 10.1 Å². The van der Waals surface area contributed by atoms with Crippen molar-refractivity contribution >= 4 is 9.84 Å². The van der Waals surface area contributed by atoms with Gasteiger partial charge in [-0.1, -0.05) is 30.1 Å². The Hall–Kier alpha value is -1.89. The molecule has 2 aromatic rings.